The first kappa shape index (κ1) is 24.5. The van der Waals surface area contributed by atoms with Gasteiger partial charge in [0.1, 0.15) is 0 Å². The van der Waals surface area contributed by atoms with Gasteiger partial charge in [-0.3, -0.25) is 0 Å². The molecular formula is C20H12B2F4N4O8-2. The highest BCUT2D eigenvalue weighted by Crippen LogP contribution is 2.22. The Bertz CT molecular complexity index is 1250. The summed E-state index contributed by atoms with van der Waals surface area (Å²) >= 11 is 0. The number of hydrogen-bond acceptors (Lipinski definition) is 12. The van der Waals surface area contributed by atoms with E-state index in [1.54, 1.807) is 0 Å². The minimum atomic E-state index is -5.29. The molecule has 5 heterocycles. The maximum atomic E-state index is 14.7. The zero-order valence-corrected chi connectivity index (χ0v) is 18.6. The second-order valence-electron chi connectivity index (χ2n) is 7.16. The van der Waals surface area contributed by atoms with Crippen LogP contribution in [0.2, 0.25) is 0 Å². The molecule has 0 N–H and O–H groups in total. The van der Waals surface area contributed by atoms with Gasteiger partial charge < -0.3 is 54.0 Å². The lowest BCUT2D eigenvalue weighted by atomic mass is 10.1. The number of hydrogen-bond donors (Lipinski definition) is 0. The fraction of sp³-hybridized carbons (Fsp3) is 0. The normalized spacial score (nSPS) is 23.3. The third-order valence-corrected chi connectivity index (χ3v) is 4.53. The van der Waals surface area contributed by atoms with Crippen molar-refractivity contribution >= 4 is 37.1 Å². The summed E-state index contributed by atoms with van der Waals surface area (Å²) in [7, 11) is -10.6. The first-order valence-electron chi connectivity index (χ1n) is 10.5. The fourth-order valence-corrected chi connectivity index (χ4v) is 2.97. The van der Waals surface area contributed by atoms with Gasteiger partial charge in [0.05, 0.1) is 25.1 Å². The molecular weight excluding hydrogens is 522 g/mol. The maximum Gasteiger partial charge on any atom is 0.766 e. The quantitative estimate of drug-likeness (QED) is 0.269. The van der Waals surface area contributed by atoms with E-state index in [9.17, 15) is 17.3 Å². The van der Waals surface area contributed by atoms with Gasteiger partial charge in [0.15, 0.2) is 45.9 Å². The highest BCUT2D eigenvalue weighted by Gasteiger charge is 2.39. The van der Waals surface area contributed by atoms with Crippen LogP contribution in [0.3, 0.4) is 0 Å². The molecule has 0 aliphatic carbocycles. The Morgan fingerprint density at radius 2 is 0.658 bits per heavy atom. The zero-order valence-electron chi connectivity index (χ0n) is 18.6. The SMILES string of the molecule is F[B-]1(F)O/N=C(c2ccco2)/C(c2ccco2)=N\O[B-](F)(F)O/N=C(c2ccco2)/C(c2ccco2)=N\O1. The minimum Gasteiger partial charge on any atom is -0.518 e. The average molecular weight is 534 g/mol. The van der Waals surface area contributed by atoms with E-state index in [4.69, 9.17) is 17.7 Å². The standard InChI is InChI=1S/C20H12B2F4N4O8/c23-21(24)35-27-17(13-5-1-9-31-13)18(14-6-2-10-32-14)28-36-22(25,26)38-30-20(16-8-4-12-34-16)19(29-37-21)15-7-3-11-33-15/h1-12H/q-2/b27-17-,28-18+,29-19+,30-20-. The van der Waals surface area contributed by atoms with Crippen molar-refractivity contribution < 1.29 is 54.0 Å². The molecule has 0 atom stereocenters. The van der Waals surface area contributed by atoms with E-state index in [0.717, 1.165) is 25.1 Å². The van der Waals surface area contributed by atoms with Crippen molar-refractivity contribution in [1.82, 2.24) is 0 Å². The van der Waals surface area contributed by atoms with Crippen molar-refractivity contribution in [2.75, 3.05) is 0 Å². The van der Waals surface area contributed by atoms with Crippen molar-refractivity contribution in [3.05, 3.63) is 96.6 Å². The van der Waals surface area contributed by atoms with E-state index < -0.39 is 37.1 Å². The van der Waals surface area contributed by atoms with E-state index in [0.29, 0.717) is 0 Å². The van der Waals surface area contributed by atoms with Crippen LogP contribution in [0.25, 0.3) is 0 Å². The molecule has 0 aromatic carbocycles. The van der Waals surface area contributed by atoms with Gasteiger partial charge >= 0.3 is 14.2 Å². The van der Waals surface area contributed by atoms with Crippen LogP contribution in [0.4, 0.5) is 17.3 Å². The topological polar surface area (TPSA) is 139 Å². The van der Waals surface area contributed by atoms with Crippen molar-refractivity contribution in [3.63, 3.8) is 0 Å². The van der Waals surface area contributed by atoms with Crippen LogP contribution in [-0.2, 0) is 19.0 Å². The number of oxime groups is 4. The highest BCUT2D eigenvalue weighted by atomic mass is 19.3. The number of furan rings is 4. The van der Waals surface area contributed by atoms with Gasteiger partial charge in [0.2, 0.25) is 0 Å². The van der Waals surface area contributed by atoms with Crippen LogP contribution in [0.5, 0.6) is 0 Å². The zero-order chi connectivity index (χ0) is 26.6. The molecule has 0 saturated carbocycles. The number of rotatable bonds is 4. The van der Waals surface area contributed by atoms with Gasteiger partial charge in [-0.25, -0.2) is 0 Å². The van der Waals surface area contributed by atoms with Gasteiger partial charge in [-0.2, -0.15) is 0 Å². The average Bonchev–Trinajstić information content (AvgIpc) is 3.70. The molecule has 1 aliphatic rings. The van der Waals surface area contributed by atoms with Gasteiger partial charge in [0, 0.05) is 0 Å². The summed E-state index contributed by atoms with van der Waals surface area (Å²) in [5.74, 6) is -0.900. The largest absolute Gasteiger partial charge is 0.766 e. The molecule has 0 unspecified atom stereocenters. The van der Waals surface area contributed by atoms with Crippen molar-refractivity contribution in [3.8, 4) is 0 Å². The third kappa shape index (κ3) is 5.48. The summed E-state index contributed by atoms with van der Waals surface area (Å²) in [5, 5.41) is 13.3. The number of nitrogens with zero attached hydrogens (tertiary/aromatic N) is 4. The Balaban J connectivity index is 1.64. The molecule has 4 aromatic rings. The Hall–Kier alpha value is -5.15. The summed E-state index contributed by atoms with van der Waals surface area (Å²) in [4.78, 5) is 0. The molecule has 18 heteroatoms. The van der Waals surface area contributed by atoms with Crippen molar-refractivity contribution in [2.24, 2.45) is 20.6 Å². The van der Waals surface area contributed by atoms with Gasteiger partial charge in [-0.1, -0.05) is 0 Å². The summed E-state index contributed by atoms with van der Waals surface area (Å²) in [6.07, 6.45) is 4.65. The van der Waals surface area contributed by atoms with Crippen LogP contribution < -0.4 is 0 Å². The lowest BCUT2D eigenvalue weighted by Gasteiger charge is -2.24. The molecule has 0 bridgehead atoms. The predicted octanol–water partition coefficient (Wildman–Crippen LogP) is 4.80. The Labute approximate surface area is 208 Å². The summed E-state index contributed by atoms with van der Waals surface area (Å²) in [5.41, 5.74) is -2.47. The molecule has 0 saturated heterocycles. The molecule has 4 aromatic heterocycles. The summed E-state index contributed by atoms with van der Waals surface area (Å²) in [6.45, 7) is 0. The van der Waals surface area contributed by atoms with Crippen molar-refractivity contribution in [1.29, 1.82) is 0 Å². The smallest absolute Gasteiger partial charge is 0.518 e. The number of halogens is 4. The van der Waals surface area contributed by atoms with E-state index in [1.165, 1.54) is 48.5 Å². The molecule has 0 radical (unpaired) electrons. The van der Waals surface area contributed by atoms with Crippen LogP contribution in [0.15, 0.2) is 112 Å². The van der Waals surface area contributed by atoms with E-state index in [2.05, 4.69) is 39.6 Å². The lowest BCUT2D eigenvalue weighted by Crippen LogP contribution is -2.33. The molecule has 0 spiro atoms. The van der Waals surface area contributed by atoms with Gasteiger partial charge in [-0.15, -0.1) is 20.6 Å². The Morgan fingerprint density at radius 1 is 0.421 bits per heavy atom. The predicted molar refractivity (Wildman–Crippen MR) is 121 cm³/mol. The second-order valence-corrected chi connectivity index (χ2v) is 7.16. The Morgan fingerprint density at radius 3 is 0.842 bits per heavy atom. The molecule has 5 rings (SSSR count). The highest BCUT2D eigenvalue weighted by molar-refractivity contribution is 6.57. The molecule has 12 nitrogen and oxygen atoms in total. The molecule has 38 heavy (non-hydrogen) atoms. The summed E-state index contributed by atoms with van der Waals surface area (Å²) < 4.78 is 96.7. The first-order valence-corrected chi connectivity index (χ1v) is 10.5. The van der Waals surface area contributed by atoms with Crippen LogP contribution in [0.1, 0.15) is 23.0 Å². The van der Waals surface area contributed by atoms with Gasteiger partial charge in [-0.05, 0) is 48.5 Å². The first-order chi connectivity index (χ1) is 18.3. The minimum absolute atomic E-state index is 0.225. The van der Waals surface area contributed by atoms with Crippen LogP contribution in [0, 0.1) is 0 Å². The summed E-state index contributed by atoms with van der Waals surface area (Å²) in [6, 6.07) is 10.6. The van der Waals surface area contributed by atoms with E-state index in [1.807, 2.05) is 0 Å². The van der Waals surface area contributed by atoms with E-state index >= 15 is 0 Å². The molecule has 196 valence electrons. The van der Waals surface area contributed by atoms with Crippen LogP contribution in [-0.4, -0.2) is 37.1 Å². The van der Waals surface area contributed by atoms with Crippen LogP contribution >= 0.6 is 0 Å². The maximum absolute atomic E-state index is 14.7. The third-order valence-electron chi connectivity index (χ3n) is 4.53. The monoisotopic (exact) mass is 534 g/mol. The van der Waals surface area contributed by atoms with E-state index in [-0.39, 0.29) is 23.0 Å². The lowest BCUT2D eigenvalue weighted by molar-refractivity contribution is 0.0899. The Kier molecular flexibility index (Phi) is 6.51. The van der Waals surface area contributed by atoms with Crippen molar-refractivity contribution in [2.45, 2.75) is 0 Å². The molecule has 0 amide bonds. The fourth-order valence-electron chi connectivity index (χ4n) is 2.97. The molecule has 1 aliphatic heterocycles. The second kappa shape index (κ2) is 10.1. The van der Waals surface area contributed by atoms with Gasteiger partial charge in [0.25, 0.3) is 0 Å². The molecule has 0 fully saturated rings.